The van der Waals surface area contributed by atoms with Crippen molar-refractivity contribution in [3.8, 4) is 0 Å². The summed E-state index contributed by atoms with van der Waals surface area (Å²) in [6, 6.07) is 17.5. The molecule has 0 bridgehead atoms. The number of hydrogen-bond donors (Lipinski definition) is 2. The molecule has 1 heterocycles. The first kappa shape index (κ1) is 75.8. The summed E-state index contributed by atoms with van der Waals surface area (Å²) in [7, 11) is -8.29. The zero-order valence-electron chi connectivity index (χ0n) is 49.9. The summed E-state index contributed by atoms with van der Waals surface area (Å²) < 4.78 is 66.1. The van der Waals surface area contributed by atoms with Crippen LogP contribution in [0.4, 0.5) is 4.79 Å². The second-order valence-corrected chi connectivity index (χ2v) is 32.9. The second-order valence-electron chi connectivity index (χ2n) is 22.2. The van der Waals surface area contributed by atoms with Crippen molar-refractivity contribution in [2.24, 2.45) is 0 Å². The average molecular weight is 1330 g/mol. The fraction of sp³-hybridized carbons (Fsp3) is 0.672. The van der Waals surface area contributed by atoms with Gasteiger partial charge in [0.2, 0.25) is 16.0 Å². The summed E-state index contributed by atoms with van der Waals surface area (Å²) in [6.07, 6.45) is 14.9. The molecule has 84 heavy (non-hydrogen) atoms. The number of benzene rings is 2. The number of amides is 1. The molecule has 6 atom stereocenters. The minimum Gasteiger partial charge on any atom is -0.462 e. The van der Waals surface area contributed by atoms with Crippen molar-refractivity contribution in [3.63, 3.8) is 0 Å². The highest BCUT2D eigenvalue weighted by Crippen LogP contribution is 2.53. The topological polar surface area (TPSA) is 187 Å². The van der Waals surface area contributed by atoms with Crippen LogP contribution < -0.4 is 15.7 Å². The third-order valence-electron chi connectivity index (χ3n) is 14.2. The molecule has 2 aromatic rings. The molecule has 0 unspecified atom stereocenters. The largest absolute Gasteiger partial charge is 0.475 e. The molecule has 1 aliphatic heterocycles. The lowest BCUT2D eigenvalue weighted by molar-refractivity contribution is -0.250. The van der Waals surface area contributed by atoms with Gasteiger partial charge in [0.25, 0.3) is 12.1 Å². The number of ether oxygens (including phenoxy) is 5. The maximum absolute atomic E-state index is 15.0. The minimum absolute atomic E-state index is 0.157. The number of phosphoric ester groups is 1. The fourth-order valence-electron chi connectivity index (χ4n) is 10.0. The Bertz CT molecular complexity index is 2220. The lowest BCUT2D eigenvalue weighted by Gasteiger charge is -2.48. The van der Waals surface area contributed by atoms with Gasteiger partial charge in [0.1, 0.15) is 31.0 Å². The SMILES string of the molecule is C=CCOP(=O)(OCC=C)O[C@H]1[C@H](OC(=O)C[C@@H](CCCCCCCCCCC)OC(=O)CCCCCCCCCCCCC)[C@@H](NC(=O)OCC(Cl)(Cl)Cl)[C@@H](OC(=N)C(Cl)(Cl)Cl)O[C@@H]1CO[Si](c1ccccc1)(c1ccccc1)C(C)(C)C. The minimum atomic E-state index is -4.80. The van der Waals surface area contributed by atoms with E-state index in [1.165, 1.54) is 63.5 Å². The number of hydrogen-bond acceptors (Lipinski definition) is 14. The Morgan fingerprint density at radius 3 is 1.62 bits per heavy atom. The Kier molecular flexibility index (Phi) is 36.4. The molecule has 1 saturated heterocycles. The van der Waals surface area contributed by atoms with Gasteiger partial charge in [-0.2, -0.15) is 0 Å². The van der Waals surface area contributed by atoms with Crippen LogP contribution in [0, 0.1) is 5.41 Å². The van der Waals surface area contributed by atoms with Gasteiger partial charge in [0.15, 0.2) is 6.10 Å². The van der Waals surface area contributed by atoms with E-state index in [0.29, 0.717) is 19.3 Å². The number of phosphoric acid groups is 1. The first-order chi connectivity index (χ1) is 39.9. The van der Waals surface area contributed by atoms with Crippen molar-refractivity contribution >= 4 is 120 Å². The van der Waals surface area contributed by atoms with Gasteiger partial charge in [-0.1, -0.05) is 293 Å². The van der Waals surface area contributed by atoms with Crippen LogP contribution in [0.5, 0.6) is 0 Å². The normalized spacial score (nSPS) is 18.1. The van der Waals surface area contributed by atoms with Gasteiger partial charge in [0, 0.05) is 6.42 Å². The monoisotopic (exact) mass is 1330 g/mol. The molecule has 0 aliphatic carbocycles. The summed E-state index contributed by atoms with van der Waals surface area (Å²) in [6.45, 7) is 16.0. The van der Waals surface area contributed by atoms with Gasteiger partial charge in [0.05, 0.1) is 26.2 Å². The zero-order chi connectivity index (χ0) is 62.1. The van der Waals surface area contributed by atoms with E-state index in [0.717, 1.165) is 74.6 Å². The van der Waals surface area contributed by atoms with E-state index < -0.39 is 109 Å². The molecule has 1 amide bonds. The number of esters is 2. The van der Waals surface area contributed by atoms with Crippen LogP contribution in [0.1, 0.15) is 182 Å². The number of alkyl halides is 6. The summed E-state index contributed by atoms with van der Waals surface area (Å²) in [4.78, 5) is 42.5. The maximum Gasteiger partial charge on any atom is 0.475 e. The van der Waals surface area contributed by atoms with Crippen molar-refractivity contribution in [3.05, 3.63) is 86.0 Å². The fourth-order valence-corrected chi connectivity index (χ4v) is 16.2. The molecule has 1 aliphatic rings. The Morgan fingerprint density at radius 1 is 0.690 bits per heavy atom. The number of halogens is 6. The van der Waals surface area contributed by atoms with Gasteiger partial charge in [-0.15, -0.1) is 13.2 Å². The molecule has 1 fully saturated rings. The Balaban J connectivity index is 2.20. The molecule has 0 aromatic heterocycles. The first-order valence-electron chi connectivity index (χ1n) is 29.8. The van der Waals surface area contributed by atoms with E-state index in [-0.39, 0.29) is 19.6 Å². The maximum atomic E-state index is 15.0. The smallest absolute Gasteiger partial charge is 0.462 e. The van der Waals surface area contributed by atoms with Crippen molar-refractivity contribution in [2.75, 3.05) is 26.4 Å². The molecule has 2 aromatic carbocycles. The van der Waals surface area contributed by atoms with E-state index in [1.54, 1.807) is 0 Å². The number of unbranched alkanes of at least 4 members (excludes halogenated alkanes) is 18. The van der Waals surface area contributed by atoms with Crippen LogP contribution in [0.3, 0.4) is 0 Å². The molecule has 476 valence electrons. The third-order valence-corrected chi connectivity index (χ3v) is 21.5. The van der Waals surface area contributed by atoms with Crippen LogP contribution in [-0.4, -0.2) is 103 Å². The van der Waals surface area contributed by atoms with E-state index in [1.807, 2.05) is 81.4 Å². The van der Waals surface area contributed by atoms with Crippen molar-refractivity contribution in [1.29, 1.82) is 5.41 Å². The standard InChI is InChI=1S/C61H93Cl6N2O13PSi/c1-8-12-14-16-18-20-21-23-25-27-35-41-51(70)78-47(36-30-26-24-22-19-17-15-13-9-2)44-52(71)80-55-53(69-58(72)74-46-60(62,63)64)56(81-57(68)61(65,66)67)79-50(54(55)82-83(73,75-42-10-3)76-43-11-4)45-77-84(59(5,6)7,48-37-31-28-32-38-48)49-39-33-29-34-40-49/h10-11,28-29,31-34,37-40,47,50,53-56,68H,3-4,8-9,12-27,30,35-36,41-46H2,1-2,5-7H3,(H,69,72)/t47-,50-,53-,54-,55-,56-/m1/s1. The zero-order valence-corrected chi connectivity index (χ0v) is 56.4. The van der Waals surface area contributed by atoms with Crippen LogP contribution in [0.25, 0.3) is 0 Å². The predicted molar refractivity (Wildman–Crippen MR) is 342 cm³/mol. The number of carbonyl (C=O) groups is 3. The predicted octanol–water partition coefficient (Wildman–Crippen LogP) is 16.9. The Morgan fingerprint density at radius 2 is 1.17 bits per heavy atom. The number of rotatable bonds is 42. The van der Waals surface area contributed by atoms with Crippen molar-refractivity contribution in [1.82, 2.24) is 5.32 Å². The lowest BCUT2D eigenvalue weighted by Crippen LogP contribution is -2.70. The average Bonchev–Trinajstić information content (AvgIpc) is 2.12. The molecule has 0 saturated carbocycles. The molecule has 0 radical (unpaired) electrons. The van der Waals surface area contributed by atoms with Gasteiger partial charge < -0.3 is 33.4 Å². The Hall–Kier alpha value is -2.41. The number of carbonyl (C=O) groups excluding carboxylic acids is 3. The van der Waals surface area contributed by atoms with E-state index in [4.69, 9.17) is 117 Å². The molecule has 0 spiro atoms. The highest BCUT2D eigenvalue weighted by Gasteiger charge is 2.57. The molecule has 15 nitrogen and oxygen atoms in total. The lowest BCUT2D eigenvalue weighted by atomic mass is 9.96. The van der Waals surface area contributed by atoms with Crippen LogP contribution in [0.15, 0.2) is 86.0 Å². The third kappa shape index (κ3) is 28.4. The molecule has 2 N–H and O–H groups in total. The van der Waals surface area contributed by atoms with Crippen LogP contribution >= 0.6 is 77.4 Å². The second kappa shape index (κ2) is 40.3. The summed E-state index contributed by atoms with van der Waals surface area (Å²) >= 11 is 36.7. The molecular weight excluding hydrogens is 1240 g/mol. The van der Waals surface area contributed by atoms with Crippen LogP contribution in [0.2, 0.25) is 5.04 Å². The summed E-state index contributed by atoms with van der Waals surface area (Å²) in [5.74, 6) is -2.38. The van der Waals surface area contributed by atoms with Crippen molar-refractivity contribution in [2.45, 2.75) is 232 Å². The molecule has 3 rings (SSSR count). The number of nitrogens with one attached hydrogen (secondary N) is 2. The summed E-state index contributed by atoms with van der Waals surface area (Å²) in [5.41, 5.74) is 0. The Labute approximate surface area is 532 Å². The summed E-state index contributed by atoms with van der Waals surface area (Å²) in [5, 5.41) is 12.4. The van der Waals surface area contributed by atoms with Gasteiger partial charge in [-0.25, -0.2) is 9.36 Å². The van der Waals surface area contributed by atoms with E-state index in [9.17, 15) is 18.9 Å². The highest BCUT2D eigenvalue weighted by molar-refractivity contribution is 7.48. The van der Waals surface area contributed by atoms with Crippen molar-refractivity contribution < 1.29 is 60.6 Å². The van der Waals surface area contributed by atoms with Gasteiger partial charge >= 0.3 is 25.9 Å². The quantitative estimate of drug-likeness (QED) is 0.00736. The van der Waals surface area contributed by atoms with Gasteiger partial charge in [-0.05, 0) is 34.7 Å². The van der Waals surface area contributed by atoms with Crippen LogP contribution in [-0.2, 0) is 55.8 Å². The molecular formula is C61H93Cl6N2O13PSi. The highest BCUT2D eigenvalue weighted by atomic mass is 35.6. The number of alkyl carbamates (subject to hydrolysis) is 1. The van der Waals surface area contributed by atoms with Gasteiger partial charge in [-0.3, -0.25) is 28.6 Å². The molecule has 23 heteroatoms. The van der Waals surface area contributed by atoms with E-state index in [2.05, 4.69) is 32.3 Å². The van der Waals surface area contributed by atoms with E-state index >= 15 is 0 Å². The first-order valence-corrected chi connectivity index (χ1v) is 35.5.